The number of carbonyl (C=O) groups is 1. The van der Waals surface area contributed by atoms with Gasteiger partial charge in [-0.25, -0.2) is 0 Å². The van der Waals surface area contributed by atoms with E-state index in [4.69, 9.17) is 19.7 Å². The van der Waals surface area contributed by atoms with Crippen LogP contribution >= 0.6 is 12.4 Å². The quantitative estimate of drug-likeness (QED) is 0.549. The number of benzene rings is 2. The van der Waals surface area contributed by atoms with E-state index in [0.29, 0.717) is 42.7 Å². The normalized spacial score (nSPS) is 10.1. The zero-order valence-electron chi connectivity index (χ0n) is 16.0. The first kappa shape index (κ1) is 22.2. The smallest absolute Gasteiger partial charge is 0.227 e. The van der Waals surface area contributed by atoms with E-state index in [2.05, 4.69) is 15.5 Å². The summed E-state index contributed by atoms with van der Waals surface area (Å²) in [7, 11) is 1.61. The van der Waals surface area contributed by atoms with E-state index < -0.39 is 0 Å². The highest BCUT2D eigenvalue weighted by molar-refractivity contribution is 5.90. The number of aryl methyl sites for hydroxylation is 1. The maximum Gasteiger partial charge on any atom is 0.227 e. The molecule has 2 aromatic carbocycles. The van der Waals surface area contributed by atoms with Gasteiger partial charge in [0.15, 0.2) is 0 Å². The van der Waals surface area contributed by atoms with E-state index in [-0.39, 0.29) is 24.7 Å². The molecule has 0 saturated carbocycles. The van der Waals surface area contributed by atoms with Crippen molar-refractivity contribution in [2.24, 2.45) is 5.73 Å². The summed E-state index contributed by atoms with van der Waals surface area (Å²) in [5.74, 6) is 2.21. The Labute approximate surface area is 174 Å². The highest BCUT2D eigenvalue weighted by atomic mass is 35.5. The number of hydrogen-bond donors (Lipinski definition) is 2. The fourth-order valence-corrected chi connectivity index (χ4v) is 2.47. The lowest BCUT2D eigenvalue weighted by Crippen LogP contribution is -2.13. The maximum absolute atomic E-state index is 12.1. The number of carbonyl (C=O) groups excluding carboxylic acids is 1. The molecule has 0 unspecified atom stereocenters. The van der Waals surface area contributed by atoms with Crippen molar-refractivity contribution in [3.8, 4) is 22.9 Å². The molecule has 154 valence electrons. The van der Waals surface area contributed by atoms with E-state index in [9.17, 15) is 4.79 Å². The first-order valence-electron chi connectivity index (χ1n) is 8.87. The van der Waals surface area contributed by atoms with Crippen LogP contribution in [-0.4, -0.2) is 36.3 Å². The van der Waals surface area contributed by atoms with Crippen LogP contribution in [0.3, 0.4) is 0 Å². The molecule has 3 N–H and O–H groups in total. The monoisotopic (exact) mass is 418 g/mol. The van der Waals surface area contributed by atoms with Crippen molar-refractivity contribution in [2.45, 2.75) is 12.8 Å². The number of halogens is 1. The summed E-state index contributed by atoms with van der Waals surface area (Å²) in [5, 5.41) is 6.78. The number of aromatic nitrogens is 2. The first-order chi connectivity index (χ1) is 13.7. The second-order valence-corrected chi connectivity index (χ2v) is 5.95. The summed E-state index contributed by atoms with van der Waals surface area (Å²) >= 11 is 0. The molecule has 1 heterocycles. The molecule has 8 nitrogen and oxygen atoms in total. The van der Waals surface area contributed by atoms with Gasteiger partial charge in [0.2, 0.25) is 17.6 Å². The average molecular weight is 419 g/mol. The number of ether oxygens (including phenoxy) is 2. The predicted octanol–water partition coefficient (Wildman–Crippen LogP) is 3.08. The number of nitrogens with one attached hydrogen (secondary N) is 1. The number of nitrogens with two attached hydrogens (primary N) is 1. The van der Waals surface area contributed by atoms with Gasteiger partial charge in [0, 0.05) is 30.6 Å². The van der Waals surface area contributed by atoms with Crippen LogP contribution in [0.25, 0.3) is 11.4 Å². The van der Waals surface area contributed by atoms with Crippen LogP contribution in [0.5, 0.6) is 11.5 Å². The number of methoxy groups -OCH3 is 1. The molecule has 9 heteroatoms. The van der Waals surface area contributed by atoms with Crippen molar-refractivity contribution in [1.82, 2.24) is 10.1 Å². The van der Waals surface area contributed by atoms with E-state index in [1.165, 1.54) is 0 Å². The highest BCUT2D eigenvalue weighted by Gasteiger charge is 2.11. The summed E-state index contributed by atoms with van der Waals surface area (Å²) in [6.07, 6.45) is 0.586. The molecule has 3 aromatic rings. The van der Waals surface area contributed by atoms with Crippen molar-refractivity contribution in [3.05, 3.63) is 54.4 Å². The summed E-state index contributed by atoms with van der Waals surface area (Å²) in [6, 6.07) is 14.5. The summed E-state index contributed by atoms with van der Waals surface area (Å²) in [4.78, 5) is 16.5. The van der Waals surface area contributed by atoms with Crippen molar-refractivity contribution in [1.29, 1.82) is 0 Å². The Hall–Kier alpha value is -3.10. The molecule has 0 fully saturated rings. The number of anilines is 1. The van der Waals surface area contributed by atoms with Crippen molar-refractivity contribution in [3.63, 3.8) is 0 Å². The van der Waals surface area contributed by atoms with Gasteiger partial charge in [-0.15, -0.1) is 12.4 Å². The number of amides is 1. The Kier molecular flexibility index (Phi) is 8.45. The largest absolute Gasteiger partial charge is 0.497 e. The molecule has 0 atom stereocenters. The van der Waals surface area contributed by atoms with E-state index >= 15 is 0 Å². The van der Waals surface area contributed by atoms with Crippen LogP contribution < -0.4 is 20.5 Å². The van der Waals surface area contributed by atoms with Gasteiger partial charge in [-0.3, -0.25) is 4.79 Å². The van der Waals surface area contributed by atoms with Crippen LogP contribution in [0.4, 0.5) is 5.69 Å². The lowest BCUT2D eigenvalue weighted by Gasteiger charge is -2.07. The molecule has 1 amide bonds. The average Bonchev–Trinajstić information content (AvgIpc) is 3.21. The number of nitrogens with zero attached hydrogens (tertiary/aromatic N) is 2. The summed E-state index contributed by atoms with van der Waals surface area (Å²) in [5.41, 5.74) is 6.90. The summed E-state index contributed by atoms with van der Waals surface area (Å²) in [6.45, 7) is 0.905. The van der Waals surface area contributed by atoms with Crippen LogP contribution in [0, 0.1) is 0 Å². The third-order valence-corrected chi connectivity index (χ3v) is 3.91. The molecule has 0 spiro atoms. The Balaban J connectivity index is 0.00000300. The molecule has 0 aliphatic heterocycles. The predicted molar refractivity (Wildman–Crippen MR) is 111 cm³/mol. The lowest BCUT2D eigenvalue weighted by molar-refractivity contribution is -0.116. The zero-order chi connectivity index (χ0) is 19.8. The van der Waals surface area contributed by atoms with E-state index in [1.807, 2.05) is 24.3 Å². The zero-order valence-corrected chi connectivity index (χ0v) is 16.8. The van der Waals surface area contributed by atoms with Gasteiger partial charge in [0.1, 0.15) is 18.1 Å². The standard InChI is InChI=1S/C20H22N4O4.ClH/c1-26-16-6-2-14(3-7-16)20-23-19(28-24-20)11-10-18(25)22-15-4-8-17(9-5-15)27-13-12-21;/h2-9H,10-13,21H2,1H3,(H,22,25);1H. The fourth-order valence-electron chi connectivity index (χ4n) is 2.47. The first-order valence-corrected chi connectivity index (χ1v) is 8.87. The lowest BCUT2D eigenvalue weighted by atomic mass is 10.2. The van der Waals surface area contributed by atoms with Crippen molar-refractivity contribution >= 4 is 24.0 Å². The van der Waals surface area contributed by atoms with E-state index in [1.54, 1.807) is 31.4 Å². The van der Waals surface area contributed by atoms with Crippen LogP contribution in [0.1, 0.15) is 12.3 Å². The second-order valence-electron chi connectivity index (χ2n) is 5.95. The van der Waals surface area contributed by atoms with Gasteiger partial charge in [0.25, 0.3) is 0 Å². The third kappa shape index (κ3) is 6.48. The van der Waals surface area contributed by atoms with Gasteiger partial charge in [-0.1, -0.05) is 5.16 Å². The Morgan fingerprint density at radius 1 is 1.10 bits per heavy atom. The molecule has 0 saturated heterocycles. The molecule has 0 aliphatic rings. The highest BCUT2D eigenvalue weighted by Crippen LogP contribution is 2.20. The molecule has 29 heavy (non-hydrogen) atoms. The summed E-state index contributed by atoms with van der Waals surface area (Å²) < 4.78 is 15.8. The van der Waals surface area contributed by atoms with Gasteiger partial charge in [-0.2, -0.15) is 4.98 Å². The Morgan fingerprint density at radius 3 is 2.45 bits per heavy atom. The SMILES string of the molecule is COc1ccc(-c2noc(CCC(=O)Nc3ccc(OCCN)cc3)n2)cc1.Cl. The van der Waals surface area contributed by atoms with Crippen LogP contribution in [-0.2, 0) is 11.2 Å². The van der Waals surface area contributed by atoms with Gasteiger partial charge < -0.3 is 25.0 Å². The Bertz CT molecular complexity index is 898. The molecule has 3 rings (SSSR count). The Morgan fingerprint density at radius 2 is 1.79 bits per heavy atom. The topological polar surface area (TPSA) is 112 Å². The third-order valence-electron chi connectivity index (χ3n) is 3.91. The number of rotatable bonds is 9. The minimum atomic E-state index is -0.139. The molecular weight excluding hydrogens is 396 g/mol. The van der Waals surface area contributed by atoms with Crippen LogP contribution in [0.15, 0.2) is 53.1 Å². The molecule has 0 radical (unpaired) electrons. The van der Waals surface area contributed by atoms with Crippen molar-refractivity contribution in [2.75, 3.05) is 25.6 Å². The second kappa shape index (κ2) is 11.0. The van der Waals surface area contributed by atoms with Gasteiger partial charge >= 0.3 is 0 Å². The van der Waals surface area contributed by atoms with Crippen LogP contribution in [0.2, 0.25) is 0 Å². The van der Waals surface area contributed by atoms with Gasteiger partial charge in [0.05, 0.1) is 7.11 Å². The van der Waals surface area contributed by atoms with Gasteiger partial charge in [-0.05, 0) is 48.5 Å². The van der Waals surface area contributed by atoms with Crippen molar-refractivity contribution < 1.29 is 18.8 Å². The minimum Gasteiger partial charge on any atom is -0.497 e. The minimum absolute atomic E-state index is 0. The fraction of sp³-hybridized carbons (Fsp3) is 0.250. The number of hydrogen-bond acceptors (Lipinski definition) is 7. The molecule has 1 aromatic heterocycles. The molecular formula is C20H23ClN4O4. The molecule has 0 bridgehead atoms. The maximum atomic E-state index is 12.1. The molecule has 0 aliphatic carbocycles. The van der Waals surface area contributed by atoms with E-state index in [0.717, 1.165) is 11.3 Å².